The molecule has 0 fully saturated rings. The molecule has 0 amide bonds. The van der Waals surface area contributed by atoms with Gasteiger partial charge in [0.2, 0.25) is 0 Å². The molecule has 0 unspecified atom stereocenters. The highest BCUT2D eigenvalue weighted by Gasteiger charge is 2.16. The molecule has 0 saturated heterocycles. The first-order chi connectivity index (χ1) is 8.50. The van der Waals surface area contributed by atoms with Gasteiger partial charge in [0.25, 0.3) is 0 Å². The van der Waals surface area contributed by atoms with Crippen LogP contribution in [-0.4, -0.2) is 0 Å². The van der Waals surface area contributed by atoms with Crippen LogP contribution in [0, 0.1) is 6.92 Å². The van der Waals surface area contributed by atoms with Crippen LogP contribution in [-0.2, 0) is 0 Å². The molecule has 1 aliphatic carbocycles. The predicted octanol–water partition coefficient (Wildman–Crippen LogP) is 5.81. The van der Waals surface area contributed by atoms with Gasteiger partial charge in [-0.1, -0.05) is 45.9 Å². The molecule has 18 heavy (non-hydrogen) atoms. The second-order valence-electron chi connectivity index (χ2n) is 6.23. The molecule has 1 aromatic rings. The van der Waals surface area contributed by atoms with E-state index in [0.29, 0.717) is 11.8 Å². The first-order valence-corrected chi connectivity index (χ1v) is 7.34. The van der Waals surface area contributed by atoms with Gasteiger partial charge in [-0.2, -0.15) is 0 Å². The van der Waals surface area contributed by atoms with Crippen molar-refractivity contribution < 1.29 is 0 Å². The van der Waals surface area contributed by atoms with E-state index in [1.807, 2.05) is 0 Å². The van der Waals surface area contributed by atoms with E-state index in [1.54, 1.807) is 5.57 Å². The van der Waals surface area contributed by atoms with Gasteiger partial charge in [-0.05, 0) is 65.8 Å². The molecule has 0 radical (unpaired) electrons. The number of hydrogen-bond donors (Lipinski definition) is 0. The van der Waals surface area contributed by atoms with Crippen molar-refractivity contribution in [3.8, 4) is 0 Å². The third kappa shape index (κ3) is 2.53. The van der Waals surface area contributed by atoms with Gasteiger partial charge in [0.15, 0.2) is 0 Å². The molecule has 0 N–H and O–H groups in total. The van der Waals surface area contributed by atoms with Crippen LogP contribution in [0.15, 0.2) is 18.2 Å². The Balaban J connectivity index is 2.56. The Morgan fingerprint density at radius 3 is 2.11 bits per heavy atom. The van der Waals surface area contributed by atoms with E-state index in [1.165, 1.54) is 41.5 Å². The Kier molecular flexibility index (Phi) is 3.94. The number of rotatable bonds is 3. The van der Waals surface area contributed by atoms with Crippen molar-refractivity contribution in [1.29, 1.82) is 0 Å². The van der Waals surface area contributed by atoms with Gasteiger partial charge in [0.05, 0.1) is 0 Å². The number of aryl methyl sites for hydroxylation is 1. The minimum atomic E-state index is 0.612. The van der Waals surface area contributed by atoms with E-state index in [4.69, 9.17) is 0 Å². The van der Waals surface area contributed by atoms with E-state index in [0.717, 1.165) is 0 Å². The summed E-state index contributed by atoms with van der Waals surface area (Å²) in [5.41, 5.74) is 7.61. The molecule has 2 rings (SSSR count). The first-order valence-electron chi connectivity index (χ1n) is 7.34. The van der Waals surface area contributed by atoms with Gasteiger partial charge in [-0.15, -0.1) is 0 Å². The summed E-state index contributed by atoms with van der Waals surface area (Å²) >= 11 is 0. The van der Waals surface area contributed by atoms with Crippen LogP contribution in [0.25, 0.3) is 5.57 Å². The lowest BCUT2D eigenvalue weighted by Gasteiger charge is -2.19. The molecular weight excluding hydrogens is 216 g/mol. The molecule has 0 spiro atoms. The predicted molar refractivity (Wildman–Crippen MR) is 81.2 cm³/mol. The summed E-state index contributed by atoms with van der Waals surface area (Å²) in [5, 5.41) is 0. The Morgan fingerprint density at radius 1 is 0.944 bits per heavy atom. The van der Waals surface area contributed by atoms with Crippen molar-refractivity contribution >= 4 is 5.57 Å². The standard InChI is InChI=1S/C18H26/c1-12(2)16-11-18(15-8-6-7-9-15)17(13(3)4)10-14(16)5/h8,10-13H,6-7,9H2,1-5H3. The van der Waals surface area contributed by atoms with E-state index in [9.17, 15) is 0 Å². The second-order valence-corrected chi connectivity index (χ2v) is 6.23. The van der Waals surface area contributed by atoms with Gasteiger partial charge >= 0.3 is 0 Å². The zero-order valence-corrected chi connectivity index (χ0v) is 12.5. The fraction of sp³-hybridized carbons (Fsp3) is 0.556. The van der Waals surface area contributed by atoms with Crippen molar-refractivity contribution in [3.63, 3.8) is 0 Å². The smallest absolute Gasteiger partial charge is 0.0190 e. The fourth-order valence-electron chi connectivity index (χ4n) is 3.04. The Labute approximate surface area is 112 Å². The Hall–Kier alpha value is -1.04. The van der Waals surface area contributed by atoms with Crippen LogP contribution in [0.1, 0.15) is 81.0 Å². The van der Waals surface area contributed by atoms with Crippen LogP contribution < -0.4 is 0 Å². The minimum absolute atomic E-state index is 0.612. The van der Waals surface area contributed by atoms with E-state index in [-0.39, 0.29) is 0 Å². The molecule has 1 aromatic carbocycles. The van der Waals surface area contributed by atoms with Crippen molar-refractivity contribution in [2.45, 2.75) is 65.7 Å². The maximum atomic E-state index is 2.46. The zero-order valence-electron chi connectivity index (χ0n) is 12.5. The molecule has 0 bridgehead atoms. The highest BCUT2D eigenvalue weighted by atomic mass is 14.2. The fourth-order valence-corrected chi connectivity index (χ4v) is 3.04. The number of allylic oxidation sites excluding steroid dienone is 2. The highest BCUT2D eigenvalue weighted by molar-refractivity contribution is 5.71. The molecule has 0 heteroatoms. The average Bonchev–Trinajstić information content (AvgIpc) is 2.81. The lowest BCUT2D eigenvalue weighted by molar-refractivity contribution is 0.830. The summed E-state index contributed by atoms with van der Waals surface area (Å²) in [6, 6.07) is 4.89. The molecule has 0 aromatic heterocycles. The van der Waals surface area contributed by atoms with Crippen LogP contribution in [0.5, 0.6) is 0 Å². The summed E-state index contributed by atoms with van der Waals surface area (Å²) in [5.74, 6) is 1.23. The normalized spacial score (nSPS) is 15.6. The molecule has 0 heterocycles. The Morgan fingerprint density at radius 2 is 1.61 bits per heavy atom. The van der Waals surface area contributed by atoms with Crippen molar-refractivity contribution in [2.24, 2.45) is 0 Å². The van der Waals surface area contributed by atoms with Gasteiger partial charge in [0, 0.05) is 0 Å². The van der Waals surface area contributed by atoms with Crippen LogP contribution in [0.2, 0.25) is 0 Å². The van der Waals surface area contributed by atoms with E-state index < -0.39 is 0 Å². The monoisotopic (exact) mass is 242 g/mol. The molecule has 0 nitrogen and oxygen atoms in total. The van der Waals surface area contributed by atoms with Gasteiger partial charge in [-0.3, -0.25) is 0 Å². The lowest BCUT2D eigenvalue weighted by atomic mass is 9.85. The van der Waals surface area contributed by atoms with Crippen LogP contribution >= 0.6 is 0 Å². The van der Waals surface area contributed by atoms with Gasteiger partial charge < -0.3 is 0 Å². The highest BCUT2D eigenvalue weighted by Crippen LogP contribution is 2.36. The molecule has 0 aliphatic heterocycles. The minimum Gasteiger partial charge on any atom is -0.0807 e. The number of hydrogen-bond acceptors (Lipinski definition) is 0. The number of benzene rings is 1. The first kappa shape index (κ1) is 13.4. The third-order valence-electron chi connectivity index (χ3n) is 4.07. The van der Waals surface area contributed by atoms with Gasteiger partial charge in [-0.25, -0.2) is 0 Å². The molecule has 1 aliphatic rings. The van der Waals surface area contributed by atoms with Crippen LogP contribution in [0.3, 0.4) is 0 Å². The molecule has 98 valence electrons. The van der Waals surface area contributed by atoms with Crippen molar-refractivity contribution in [1.82, 2.24) is 0 Å². The molecular formula is C18H26. The van der Waals surface area contributed by atoms with Crippen molar-refractivity contribution in [3.05, 3.63) is 40.5 Å². The van der Waals surface area contributed by atoms with E-state index >= 15 is 0 Å². The quantitative estimate of drug-likeness (QED) is 0.627. The SMILES string of the molecule is Cc1cc(C(C)C)c(C2=CCCC2)cc1C(C)C. The van der Waals surface area contributed by atoms with Crippen LogP contribution in [0.4, 0.5) is 0 Å². The largest absolute Gasteiger partial charge is 0.0807 e. The maximum Gasteiger partial charge on any atom is -0.0190 e. The average molecular weight is 242 g/mol. The molecule has 0 saturated carbocycles. The Bertz CT molecular complexity index is 461. The summed E-state index contributed by atoms with van der Waals surface area (Å²) in [6.07, 6.45) is 6.30. The third-order valence-corrected chi connectivity index (χ3v) is 4.07. The summed E-state index contributed by atoms with van der Waals surface area (Å²) in [7, 11) is 0. The topological polar surface area (TPSA) is 0 Å². The maximum absolute atomic E-state index is 2.46. The van der Waals surface area contributed by atoms with E-state index in [2.05, 4.69) is 52.8 Å². The summed E-state index contributed by atoms with van der Waals surface area (Å²) in [4.78, 5) is 0. The zero-order chi connectivity index (χ0) is 13.3. The molecule has 0 atom stereocenters. The second kappa shape index (κ2) is 5.30. The lowest BCUT2D eigenvalue weighted by Crippen LogP contribution is -2.01. The van der Waals surface area contributed by atoms with Gasteiger partial charge in [0.1, 0.15) is 0 Å². The summed E-state index contributed by atoms with van der Waals surface area (Å²) in [6.45, 7) is 11.5. The van der Waals surface area contributed by atoms with Crippen molar-refractivity contribution in [2.75, 3.05) is 0 Å². The summed E-state index contributed by atoms with van der Waals surface area (Å²) < 4.78 is 0.